The summed E-state index contributed by atoms with van der Waals surface area (Å²) in [4.78, 5) is 23.0. The van der Waals surface area contributed by atoms with Crippen LogP contribution in [0.15, 0.2) is 23.0 Å². The fourth-order valence-electron chi connectivity index (χ4n) is 1.63. The van der Waals surface area contributed by atoms with Crippen molar-refractivity contribution in [1.82, 2.24) is 15.1 Å². The second-order valence-corrected chi connectivity index (χ2v) is 3.61. The van der Waals surface area contributed by atoms with E-state index in [0.717, 1.165) is 12.2 Å². The highest BCUT2D eigenvalue weighted by Gasteiger charge is 2.12. The van der Waals surface area contributed by atoms with Gasteiger partial charge in [-0.15, -0.1) is 0 Å². The van der Waals surface area contributed by atoms with Crippen molar-refractivity contribution in [3.63, 3.8) is 0 Å². The molecule has 0 atom stereocenters. The van der Waals surface area contributed by atoms with Gasteiger partial charge in [-0.3, -0.25) is 4.79 Å². The van der Waals surface area contributed by atoms with E-state index in [4.69, 9.17) is 0 Å². The minimum Gasteiger partial charge on any atom is -0.464 e. The third-order valence-electron chi connectivity index (χ3n) is 2.51. The van der Waals surface area contributed by atoms with Crippen LogP contribution in [0, 0.1) is 0 Å². The highest BCUT2D eigenvalue weighted by Crippen LogP contribution is 2.08. The topological polar surface area (TPSA) is 73.2 Å². The zero-order valence-corrected chi connectivity index (χ0v) is 9.47. The standard InChI is InChI=1S/C11H13N3O3/c1-17-11(16)9-2-3-10(15)14(13-9)8-4-6-12-7-5-8/h2-4,12H,5-7H2,1H3. The summed E-state index contributed by atoms with van der Waals surface area (Å²) >= 11 is 0. The zero-order chi connectivity index (χ0) is 12.3. The lowest BCUT2D eigenvalue weighted by Gasteiger charge is -2.15. The Bertz CT molecular complexity index is 519. The Morgan fingerprint density at radius 2 is 2.35 bits per heavy atom. The largest absolute Gasteiger partial charge is 0.464 e. The molecule has 0 aliphatic carbocycles. The summed E-state index contributed by atoms with van der Waals surface area (Å²) in [5.41, 5.74) is 0.692. The van der Waals surface area contributed by atoms with Crippen LogP contribution < -0.4 is 10.9 Å². The van der Waals surface area contributed by atoms with Crippen LogP contribution in [0.25, 0.3) is 5.70 Å². The lowest BCUT2D eigenvalue weighted by Crippen LogP contribution is -2.29. The van der Waals surface area contributed by atoms with Gasteiger partial charge in [-0.2, -0.15) is 5.10 Å². The number of methoxy groups -OCH3 is 1. The predicted octanol–water partition coefficient (Wildman–Crippen LogP) is -0.136. The van der Waals surface area contributed by atoms with E-state index in [1.807, 2.05) is 6.08 Å². The number of carbonyl (C=O) groups is 1. The molecule has 6 heteroatoms. The van der Waals surface area contributed by atoms with E-state index in [1.165, 1.54) is 23.9 Å². The Balaban J connectivity index is 2.42. The number of hydrogen-bond donors (Lipinski definition) is 1. The molecule has 90 valence electrons. The van der Waals surface area contributed by atoms with E-state index < -0.39 is 5.97 Å². The highest BCUT2D eigenvalue weighted by molar-refractivity contribution is 5.86. The summed E-state index contributed by atoms with van der Waals surface area (Å²) in [5.74, 6) is -0.548. The summed E-state index contributed by atoms with van der Waals surface area (Å²) in [6.07, 6.45) is 2.59. The van der Waals surface area contributed by atoms with E-state index in [2.05, 4.69) is 15.2 Å². The van der Waals surface area contributed by atoms with Crippen LogP contribution in [0.5, 0.6) is 0 Å². The van der Waals surface area contributed by atoms with Gasteiger partial charge in [0, 0.05) is 31.3 Å². The maximum absolute atomic E-state index is 11.7. The Kier molecular flexibility index (Phi) is 3.34. The quantitative estimate of drug-likeness (QED) is 0.722. The number of rotatable bonds is 2. The first-order chi connectivity index (χ1) is 8.22. The van der Waals surface area contributed by atoms with Crippen molar-refractivity contribution >= 4 is 11.7 Å². The average Bonchev–Trinajstić information content (AvgIpc) is 2.39. The number of hydrogen-bond acceptors (Lipinski definition) is 5. The number of nitrogens with zero attached hydrogens (tertiary/aromatic N) is 2. The molecule has 17 heavy (non-hydrogen) atoms. The fraction of sp³-hybridized carbons (Fsp3) is 0.364. The fourth-order valence-corrected chi connectivity index (χ4v) is 1.63. The van der Waals surface area contributed by atoms with Gasteiger partial charge in [0.25, 0.3) is 5.56 Å². The van der Waals surface area contributed by atoms with Crippen molar-refractivity contribution in [1.29, 1.82) is 0 Å². The van der Waals surface area contributed by atoms with Crippen molar-refractivity contribution in [2.24, 2.45) is 0 Å². The molecule has 0 radical (unpaired) electrons. The first-order valence-corrected chi connectivity index (χ1v) is 5.31. The first-order valence-electron chi connectivity index (χ1n) is 5.31. The molecule has 1 N–H and O–H groups in total. The smallest absolute Gasteiger partial charge is 0.358 e. The second-order valence-electron chi connectivity index (χ2n) is 3.61. The van der Waals surface area contributed by atoms with Crippen LogP contribution in [-0.4, -0.2) is 35.9 Å². The van der Waals surface area contributed by atoms with Gasteiger partial charge in [-0.05, 0) is 12.1 Å². The van der Waals surface area contributed by atoms with Crippen molar-refractivity contribution < 1.29 is 9.53 Å². The summed E-state index contributed by atoms with van der Waals surface area (Å²) in [6.45, 7) is 1.49. The minimum atomic E-state index is -0.548. The van der Waals surface area contributed by atoms with Gasteiger partial charge in [-0.1, -0.05) is 0 Å². The van der Waals surface area contributed by atoms with Crippen molar-refractivity contribution in [2.45, 2.75) is 6.42 Å². The third kappa shape index (κ3) is 2.42. The molecule has 1 aromatic rings. The Hall–Kier alpha value is -1.95. The minimum absolute atomic E-state index is 0.131. The van der Waals surface area contributed by atoms with E-state index in [9.17, 15) is 9.59 Å². The van der Waals surface area contributed by atoms with Crippen molar-refractivity contribution in [3.05, 3.63) is 34.3 Å². The van der Waals surface area contributed by atoms with E-state index >= 15 is 0 Å². The molecule has 0 spiro atoms. The zero-order valence-electron chi connectivity index (χ0n) is 9.47. The Labute approximate surface area is 97.9 Å². The van der Waals surface area contributed by atoms with E-state index in [-0.39, 0.29) is 11.3 Å². The monoisotopic (exact) mass is 235 g/mol. The molecule has 1 aliphatic heterocycles. The van der Waals surface area contributed by atoms with Gasteiger partial charge >= 0.3 is 5.97 Å². The van der Waals surface area contributed by atoms with Gasteiger partial charge in [0.1, 0.15) is 0 Å². The predicted molar refractivity (Wildman–Crippen MR) is 61.6 cm³/mol. The van der Waals surface area contributed by atoms with Gasteiger partial charge in [0.05, 0.1) is 7.11 Å². The van der Waals surface area contributed by atoms with Gasteiger partial charge in [0.2, 0.25) is 0 Å². The van der Waals surface area contributed by atoms with Crippen molar-refractivity contribution in [3.8, 4) is 0 Å². The molecule has 6 nitrogen and oxygen atoms in total. The Morgan fingerprint density at radius 3 is 3.00 bits per heavy atom. The van der Waals surface area contributed by atoms with Crippen molar-refractivity contribution in [2.75, 3.05) is 20.2 Å². The molecule has 0 bridgehead atoms. The van der Waals surface area contributed by atoms with Gasteiger partial charge in [-0.25, -0.2) is 9.48 Å². The molecule has 0 aromatic carbocycles. The molecule has 0 fully saturated rings. The lowest BCUT2D eigenvalue weighted by molar-refractivity contribution is 0.0592. The molecule has 0 amide bonds. The number of esters is 1. The summed E-state index contributed by atoms with van der Waals surface area (Å²) in [6, 6.07) is 2.69. The van der Waals surface area contributed by atoms with E-state index in [1.54, 1.807) is 0 Å². The van der Waals surface area contributed by atoms with Gasteiger partial charge in [0.15, 0.2) is 5.69 Å². The molecule has 0 saturated heterocycles. The highest BCUT2D eigenvalue weighted by atomic mass is 16.5. The maximum atomic E-state index is 11.7. The van der Waals surface area contributed by atoms with Crippen LogP contribution >= 0.6 is 0 Å². The maximum Gasteiger partial charge on any atom is 0.358 e. The SMILES string of the molecule is COC(=O)c1ccc(=O)n(C2=CCNCC2)n1. The molecule has 1 aromatic heterocycles. The summed E-state index contributed by atoms with van der Waals surface area (Å²) in [7, 11) is 1.28. The van der Waals surface area contributed by atoms with Crippen LogP contribution in [0.4, 0.5) is 0 Å². The second kappa shape index (κ2) is 4.92. The molecular formula is C11H13N3O3. The number of ether oxygens (including phenoxy) is 1. The number of nitrogens with one attached hydrogen (secondary N) is 1. The average molecular weight is 235 g/mol. The van der Waals surface area contributed by atoms with Crippen LogP contribution in [0.3, 0.4) is 0 Å². The third-order valence-corrected chi connectivity index (χ3v) is 2.51. The van der Waals surface area contributed by atoms with Crippen LogP contribution in [0.2, 0.25) is 0 Å². The molecular weight excluding hydrogens is 222 g/mol. The number of aromatic nitrogens is 2. The van der Waals surface area contributed by atoms with E-state index in [0.29, 0.717) is 13.0 Å². The normalized spacial score (nSPS) is 15.2. The summed E-state index contributed by atoms with van der Waals surface area (Å²) in [5, 5.41) is 7.14. The number of carbonyl (C=O) groups excluding carboxylic acids is 1. The summed E-state index contributed by atoms with van der Waals surface area (Å²) < 4.78 is 5.83. The molecule has 2 heterocycles. The molecule has 0 saturated carbocycles. The first kappa shape index (κ1) is 11.5. The molecule has 0 unspecified atom stereocenters. The molecule has 2 rings (SSSR count). The lowest BCUT2D eigenvalue weighted by atomic mass is 10.2. The van der Waals surface area contributed by atoms with Crippen LogP contribution in [-0.2, 0) is 4.74 Å². The van der Waals surface area contributed by atoms with Crippen LogP contribution in [0.1, 0.15) is 16.9 Å². The molecule has 1 aliphatic rings. The Morgan fingerprint density at radius 1 is 1.53 bits per heavy atom. The van der Waals surface area contributed by atoms with Gasteiger partial charge < -0.3 is 10.1 Å².